The lowest BCUT2D eigenvalue weighted by atomic mass is 10.1. The Bertz CT molecular complexity index is 826. The van der Waals surface area contributed by atoms with Crippen molar-refractivity contribution >= 4 is 11.6 Å². The summed E-state index contributed by atoms with van der Waals surface area (Å²) in [4.78, 5) is 12.2. The third-order valence-electron chi connectivity index (χ3n) is 3.60. The molecule has 0 fully saturated rings. The minimum Gasteiger partial charge on any atom is -0.480 e. The Morgan fingerprint density at radius 1 is 0.917 bits per heavy atom. The van der Waals surface area contributed by atoms with Crippen molar-refractivity contribution in [3.63, 3.8) is 0 Å². The number of aryl methyl sites for hydroxylation is 1. The molecule has 3 rings (SSSR count). The SMILES string of the molecule is COc1ccc(-c2ccc(NC(=O)c3ccc(C)cc3)cc2)nn1. The number of hydrogen-bond donors (Lipinski definition) is 1. The maximum absolute atomic E-state index is 12.2. The number of nitrogens with zero attached hydrogens (tertiary/aromatic N) is 2. The van der Waals surface area contributed by atoms with Crippen LogP contribution in [-0.2, 0) is 0 Å². The average molecular weight is 319 g/mol. The number of methoxy groups -OCH3 is 1. The van der Waals surface area contributed by atoms with E-state index in [9.17, 15) is 4.79 Å². The first-order valence-electron chi connectivity index (χ1n) is 7.52. The van der Waals surface area contributed by atoms with Crippen LogP contribution in [0.25, 0.3) is 11.3 Å². The minimum absolute atomic E-state index is 0.132. The van der Waals surface area contributed by atoms with Crippen LogP contribution in [0.15, 0.2) is 60.7 Å². The van der Waals surface area contributed by atoms with E-state index in [-0.39, 0.29) is 5.91 Å². The van der Waals surface area contributed by atoms with Crippen molar-refractivity contribution in [3.05, 3.63) is 71.8 Å². The molecule has 5 heteroatoms. The summed E-state index contributed by atoms with van der Waals surface area (Å²) in [6.45, 7) is 1.99. The summed E-state index contributed by atoms with van der Waals surface area (Å²) in [6.07, 6.45) is 0. The van der Waals surface area contributed by atoms with E-state index in [0.29, 0.717) is 11.4 Å². The summed E-state index contributed by atoms with van der Waals surface area (Å²) < 4.78 is 5.00. The second-order valence-electron chi connectivity index (χ2n) is 5.36. The summed E-state index contributed by atoms with van der Waals surface area (Å²) in [5.41, 5.74) is 4.14. The molecule has 5 nitrogen and oxygen atoms in total. The van der Waals surface area contributed by atoms with Crippen molar-refractivity contribution in [2.24, 2.45) is 0 Å². The van der Waals surface area contributed by atoms with E-state index in [1.807, 2.05) is 61.5 Å². The predicted octanol–water partition coefficient (Wildman–Crippen LogP) is 3.71. The number of carbonyl (C=O) groups is 1. The van der Waals surface area contributed by atoms with Crippen LogP contribution in [0.1, 0.15) is 15.9 Å². The molecule has 120 valence electrons. The maximum Gasteiger partial charge on any atom is 0.255 e. The molecule has 2 aromatic carbocycles. The molecule has 0 saturated heterocycles. The number of amides is 1. The average Bonchev–Trinajstić information content (AvgIpc) is 2.63. The fourth-order valence-electron chi connectivity index (χ4n) is 2.22. The number of hydrogen-bond acceptors (Lipinski definition) is 4. The highest BCUT2D eigenvalue weighted by Crippen LogP contribution is 2.20. The van der Waals surface area contributed by atoms with Gasteiger partial charge in [-0.1, -0.05) is 29.8 Å². The Kier molecular flexibility index (Phi) is 4.52. The first kappa shape index (κ1) is 15.7. The van der Waals surface area contributed by atoms with Crippen molar-refractivity contribution in [1.29, 1.82) is 0 Å². The molecule has 0 saturated carbocycles. The fraction of sp³-hybridized carbons (Fsp3) is 0.105. The van der Waals surface area contributed by atoms with Crippen molar-refractivity contribution in [1.82, 2.24) is 10.2 Å². The molecule has 0 atom stereocenters. The van der Waals surface area contributed by atoms with Gasteiger partial charge in [-0.15, -0.1) is 10.2 Å². The maximum atomic E-state index is 12.2. The minimum atomic E-state index is -0.132. The zero-order valence-electron chi connectivity index (χ0n) is 13.5. The number of anilines is 1. The largest absolute Gasteiger partial charge is 0.480 e. The first-order chi connectivity index (χ1) is 11.7. The highest BCUT2D eigenvalue weighted by molar-refractivity contribution is 6.04. The van der Waals surface area contributed by atoms with E-state index < -0.39 is 0 Å². The van der Waals surface area contributed by atoms with E-state index in [2.05, 4.69) is 15.5 Å². The molecule has 0 spiro atoms. The van der Waals surface area contributed by atoms with Crippen molar-refractivity contribution in [2.45, 2.75) is 6.92 Å². The van der Waals surface area contributed by atoms with Gasteiger partial charge in [-0.2, -0.15) is 0 Å². The summed E-state index contributed by atoms with van der Waals surface area (Å²) >= 11 is 0. The Morgan fingerprint density at radius 2 is 1.62 bits per heavy atom. The molecular weight excluding hydrogens is 302 g/mol. The van der Waals surface area contributed by atoms with Gasteiger partial charge in [0.2, 0.25) is 5.88 Å². The molecule has 0 aliphatic heterocycles. The van der Waals surface area contributed by atoms with Gasteiger partial charge in [-0.3, -0.25) is 4.79 Å². The zero-order valence-corrected chi connectivity index (χ0v) is 13.5. The van der Waals surface area contributed by atoms with E-state index in [0.717, 1.165) is 22.5 Å². The molecule has 0 aliphatic rings. The van der Waals surface area contributed by atoms with E-state index in [4.69, 9.17) is 4.74 Å². The summed E-state index contributed by atoms with van der Waals surface area (Å²) in [6, 6.07) is 18.5. The summed E-state index contributed by atoms with van der Waals surface area (Å²) in [5, 5.41) is 10.9. The highest BCUT2D eigenvalue weighted by atomic mass is 16.5. The molecule has 1 aromatic heterocycles. The molecule has 0 bridgehead atoms. The van der Waals surface area contributed by atoms with Gasteiger partial charge in [0.1, 0.15) is 0 Å². The van der Waals surface area contributed by atoms with Gasteiger partial charge in [-0.05, 0) is 37.3 Å². The van der Waals surface area contributed by atoms with E-state index in [1.54, 1.807) is 13.2 Å². The Hall–Kier alpha value is -3.21. The van der Waals surface area contributed by atoms with Gasteiger partial charge in [-0.25, -0.2) is 0 Å². The topological polar surface area (TPSA) is 64.1 Å². The van der Waals surface area contributed by atoms with Crippen molar-refractivity contribution in [2.75, 3.05) is 12.4 Å². The van der Waals surface area contributed by atoms with Gasteiger partial charge in [0, 0.05) is 22.9 Å². The molecule has 1 N–H and O–H groups in total. The van der Waals surface area contributed by atoms with Crippen LogP contribution >= 0.6 is 0 Å². The van der Waals surface area contributed by atoms with Crippen LogP contribution in [0, 0.1) is 6.92 Å². The van der Waals surface area contributed by atoms with Crippen LogP contribution in [-0.4, -0.2) is 23.2 Å². The lowest BCUT2D eigenvalue weighted by Gasteiger charge is -2.07. The molecule has 24 heavy (non-hydrogen) atoms. The Labute approximate surface area is 140 Å². The lowest BCUT2D eigenvalue weighted by Crippen LogP contribution is -2.11. The standard InChI is InChI=1S/C19H17N3O2/c1-13-3-5-15(6-4-13)19(23)20-16-9-7-14(8-10-16)17-11-12-18(24-2)22-21-17/h3-12H,1-2H3,(H,20,23). The van der Waals surface area contributed by atoms with Crippen molar-refractivity contribution < 1.29 is 9.53 Å². The number of aromatic nitrogens is 2. The van der Waals surface area contributed by atoms with Crippen LogP contribution in [0.2, 0.25) is 0 Å². The third-order valence-corrected chi connectivity index (χ3v) is 3.60. The van der Waals surface area contributed by atoms with Gasteiger partial charge in [0.05, 0.1) is 12.8 Å². The van der Waals surface area contributed by atoms with Crippen LogP contribution in [0.3, 0.4) is 0 Å². The van der Waals surface area contributed by atoms with Gasteiger partial charge in [0.25, 0.3) is 5.91 Å². The molecular formula is C19H17N3O2. The normalized spacial score (nSPS) is 10.2. The number of carbonyl (C=O) groups excluding carboxylic acids is 1. The monoisotopic (exact) mass is 319 g/mol. The second-order valence-corrected chi connectivity index (χ2v) is 5.36. The zero-order chi connectivity index (χ0) is 16.9. The second kappa shape index (κ2) is 6.91. The van der Waals surface area contributed by atoms with Gasteiger partial charge < -0.3 is 10.1 Å². The number of nitrogens with one attached hydrogen (secondary N) is 1. The van der Waals surface area contributed by atoms with E-state index >= 15 is 0 Å². The Morgan fingerprint density at radius 3 is 2.21 bits per heavy atom. The van der Waals surface area contributed by atoms with Crippen LogP contribution < -0.4 is 10.1 Å². The van der Waals surface area contributed by atoms with Crippen molar-refractivity contribution in [3.8, 4) is 17.1 Å². The quantitative estimate of drug-likeness (QED) is 0.796. The smallest absolute Gasteiger partial charge is 0.255 e. The highest BCUT2D eigenvalue weighted by Gasteiger charge is 2.06. The van der Waals surface area contributed by atoms with Gasteiger partial charge in [0.15, 0.2) is 0 Å². The fourth-order valence-corrected chi connectivity index (χ4v) is 2.22. The lowest BCUT2D eigenvalue weighted by molar-refractivity contribution is 0.102. The van der Waals surface area contributed by atoms with Crippen LogP contribution in [0.4, 0.5) is 5.69 Å². The molecule has 0 aliphatic carbocycles. The third kappa shape index (κ3) is 3.57. The number of ether oxygens (including phenoxy) is 1. The molecule has 1 heterocycles. The molecule has 3 aromatic rings. The first-order valence-corrected chi connectivity index (χ1v) is 7.52. The summed E-state index contributed by atoms with van der Waals surface area (Å²) in [5.74, 6) is 0.340. The molecule has 0 unspecified atom stereocenters. The van der Waals surface area contributed by atoms with Gasteiger partial charge >= 0.3 is 0 Å². The molecule has 0 radical (unpaired) electrons. The Balaban J connectivity index is 1.71. The molecule has 1 amide bonds. The number of rotatable bonds is 4. The van der Waals surface area contributed by atoms with Crippen LogP contribution in [0.5, 0.6) is 5.88 Å². The number of benzene rings is 2. The van der Waals surface area contributed by atoms with E-state index in [1.165, 1.54) is 0 Å². The summed E-state index contributed by atoms with van der Waals surface area (Å²) in [7, 11) is 1.55. The predicted molar refractivity (Wildman–Crippen MR) is 93.2 cm³/mol.